The fourth-order valence-electron chi connectivity index (χ4n) is 1.87. The number of rotatable bonds is 6. The number of pyridine rings is 1. The van der Waals surface area contributed by atoms with E-state index in [1.54, 1.807) is 6.26 Å². The molecule has 4 nitrogen and oxygen atoms in total. The van der Waals surface area contributed by atoms with Crippen molar-refractivity contribution in [3.05, 3.63) is 52.7 Å². The molecule has 0 bridgehead atoms. The zero-order chi connectivity index (χ0) is 13.7. The molecule has 1 N–H and O–H groups in total. The van der Waals surface area contributed by atoms with Gasteiger partial charge < -0.3 is 9.73 Å². The molecule has 2 aromatic heterocycles. The number of hydrogen-bond acceptors (Lipinski definition) is 4. The van der Waals surface area contributed by atoms with Crippen molar-refractivity contribution in [3.8, 4) is 0 Å². The minimum Gasteiger partial charge on any atom is -0.468 e. The van der Waals surface area contributed by atoms with Crippen molar-refractivity contribution in [3.63, 3.8) is 0 Å². The maximum absolute atomic E-state index is 5.47. The molecule has 19 heavy (non-hydrogen) atoms. The van der Waals surface area contributed by atoms with E-state index in [4.69, 9.17) is 4.42 Å². The molecule has 0 amide bonds. The Labute approximate surface area is 122 Å². The van der Waals surface area contributed by atoms with Gasteiger partial charge in [-0.1, -0.05) is 0 Å². The lowest BCUT2D eigenvalue weighted by Gasteiger charge is -2.22. The van der Waals surface area contributed by atoms with Gasteiger partial charge in [-0.2, -0.15) is 0 Å². The lowest BCUT2D eigenvalue weighted by Crippen LogP contribution is -2.30. The highest BCUT2D eigenvalue weighted by atomic mass is 79.9. The van der Waals surface area contributed by atoms with Gasteiger partial charge in [0.05, 0.1) is 18.0 Å². The average Bonchev–Trinajstić information content (AvgIpc) is 2.90. The first kappa shape index (κ1) is 14.2. The average molecular weight is 324 g/mol. The summed E-state index contributed by atoms with van der Waals surface area (Å²) in [5, 5.41) is 3.41. The number of aromatic nitrogens is 1. The molecule has 0 spiro atoms. The van der Waals surface area contributed by atoms with Crippen molar-refractivity contribution in [1.82, 2.24) is 15.2 Å². The predicted octanol–water partition coefficient (Wildman–Crippen LogP) is 2.83. The molecule has 0 aromatic carbocycles. The van der Waals surface area contributed by atoms with Crippen LogP contribution in [0.4, 0.5) is 0 Å². The second-order valence-corrected chi connectivity index (χ2v) is 5.51. The molecule has 0 saturated carbocycles. The summed E-state index contributed by atoms with van der Waals surface area (Å²) >= 11 is 3.38. The van der Waals surface area contributed by atoms with Gasteiger partial charge in [0, 0.05) is 23.8 Å². The molecular weight excluding hydrogens is 306 g/mol. The Kier molecular flexibility index (Phi) is 5.13. The largest absolute Gasteiger partial charge is 0.468 e. The second-order valence-electron chi connectivity index (χ2n) is 4.59. The van der Waals surface area contributed by atoms with Crippen molar-refractivity contribution in [2.24, 2.45) is 0 Å². The number of halogens is 1. The zero-order valence-electron chi connectivity index (χ0n) is 11.1. The molecular formula is C14H18BrN3O. The molecule has 2 heterocycles. The maximum atomic E-state index is 5.47. The van der Waals surface area contributed by atoms with Crippen LogP contribution in [0.1, 0.15) is 17.5 Å². The quantitative estimate of drug-likeness (QED) is 0.887. The number of hydrogen-bond donors (Lipinski definition) is 1. The highest BCUT2D eigenvalue weighted by Crippen LogP contribution is 2.17. The minimum absolute atomic E-state index is 0.227. The van der Waals surface area contributed by atoms with E-state index in [2.05, 4.69) is 31.1 Å². The first-order chi connectivity index (χ1) is 9.16. The minimum atomic E-state index is 0.227. The van der Waals surface area contributed by atoms with Crippen LogP contribution in [0.15, 0.2) is 45.6 Å². The number of likely N-dealkylation sites (N-methyl/N-ethyl adjacent to an activating group) is 1. The van der Waals surface area contributed by atoms with E-state index in [1.807, 2.05) is 44.6 Å². The molecule has 2 rings (SSSR count). The lowest BCUT2D eigenvalue weighted by atomic mass is 10.2. The number of nitrogens with zero attached hydrogens (tertiary/aromatic N) is 2. The third-order valence-corrected chi connectivity index (χ3v) is 3.40. The Morgan fingerprint density at radius 3 is 2.79 bits per heavy atom. The summed E-state index contributed by atoms with van der Waals surface area (Å²) in [6.45, 7) is 1.57. The smallest absolute Gasteiger partial charge is 0.122 e. The van der Waals surface area contributed by atoms with Crippen LogP contribution in [-0.4, -0.2) is 30.5 Å². The molecule has 0 fully saturated rings. The summed E-state index contributed by atoms with van der Waals surface area (Å²) in [6, 6.07) is 8.16. The predicted molar refractivity (Wildman–Crippen MR) is 78.8 cm³/mol. The maximum Gasteiger partial charge on any atom is 0.122 e. The molecule has 5 heteroatoms. The monoisotopic (exact) mass is 323 g/mol. The standard InChI is InChI=1S/C14H18BrN3O/c1-18(2)13(14-4-3-7-19-14)10-16-9-12-6-5-11(15)8-17-12/h3-8,13,16H,9-10H2,1-2H3. The van der Waals surface area contributed by atoms with E-state index >= 15 is 0 Å². The Hall–Kier alpha value is -1.17. The van der Waals surface area contributed by atoms with Gasteiger partial charge in [0.15, 0.2) is 0 Å². The molecule has 0 aliphatic rings. The van der Waals surface area contributed by atoms with Crippen LogP contribution in [0, 0.1) is 0 Å². The van der Waals surface area contributed by atoms with E-state index in [-0.39, 0.29) is 6.04 Å². The Balaban J connectivity index is 1.88. The Bertz CT molecular complexity index is 482. The van der Waals surface area contributed by atoms with Gasteiger partial charge >= 0.3 is 0 Å². The number of nitrogens with one attached hydrogen (secondary N) is 1. The van der Waals surface area contributed by atoms with Gasteiger partial charge in [-0.05, 0) is 54.3 Å². The lowest BCUT2D eigenvalue weighted by molar-refractivity contribution is 0.250. The van der Waals surface area contributed by atoms with E-state index in [0.717, 1.165) is 29.0 Å². The molecule has 2 aromatic rings. The third kappa shape index (κ3) is 4.16. The second kappa shape index (κ2) is 6.84. The van der Waals surface area contributed by atoms with Crippen molar-refractivity contribution < 1.29 is 4.42 Å². The molecule has 0 aliphatic heterocycles. The van der Waals surface area contributed by atoms with Gasteiger partial charge in [0.25, 0.3) is 0 Å². The van der Waals surface area contributed by atoms with Crippen LogP contribution in [0.25, 0.3) is 0 Å². The number of furan rings is 1. The van der Waals surface area contributed by atoms with Gasteiger partial charge in [-0.25, -0.2) is 0 Å². The van der Waals surface area contributed by atoms with Crippen molar-refractivity contribution in [1.29, 1.82) is 0 Å². The van der Waals surface area contributed by atoms with Crippen LogP contribution in [0.5, 0.6) is 0 Å². The molecule has 102 valence electrons. The van der Waals surface area contributed by atoms with E-state index in [1.165, 1.54) is 0 Å². The summed E-state index contributed by atoms with van der Waals surface area (Å²) in [7, 11) is 4.10. The van der Waals surface area contributed by atoms with Crippen molar-refractivity contribution >= 4 is 15.9 Å². The van der Waals surface area contributed by atoms with Gasteiger partial charge in [-0.15, -0.1) is 0 Å². The fraction of sp³-hybridized carbons (Fsp3) is 0.357. The van der Waals surface area contributed by atoms with Crippen LogP contribution < -0.4 is 5.32 Å². The van der Waals surface area contributed by atoms with Crippen LogP contribution >= 0.6 is 15.9 Å². The molecule has 0 aliphatic carbocycles. The van der Waals surface area contributed by atoms with Crippen LogP contribution in [0.3, 0.4) is 0 Å². The first-order valence-corrected chi connectivity index (χ1v) is 6.97. The van der Waals surface area contributed by atoms with E-state index < -0.39 is 0 Å². The van der Waals surface area contributed by atoms with Crippen LogP contribution in [-0.2, 0) is 6.54 Å². The fourth-order valence-corrected chi connectivity index (χ4v) is 2.10. The van der Waals surface area contributed by atoms with E-state index in [9.17, 15) is 0 Å². The highest BCUT2D eigenvalue weighted by molar-refractivity contribution is 9.10. The third-order valence-electron chi connectivity index (χ3n) is 2.93. The normalized spacial score (nSPS) is 12.8. The summed E-state index contributed by atoms with van der Waals surface area (Å²) in [5.74, 6) is 0.973. The van der Waals surface area contributed by atoms with Crippen molar-refractivity contribution in [2.75, 3.05) is 20.6 Å². The Morgan fingerprint density at radius 2 is 2.21 bits per heavy atom. The van der Waals surface area contributed by atoms with E-state index in [0.29, 0.717) is 0 Å². The summed E-state index contributed by atoms with van der Waals surface area (Å²) in [6.07, 6.45) is 3.52. The first-order valence-electron chi connectivity index (χ1n) is 6.18. The molecule has 1 atom stereocenters. The summed E-state index contributed by atoms with van der Waals surface area (Å²) in [4.78, 5) is 6.48. The van der Waals surface area contributed by atoms with Gasteiger partial charge in [-0.3, -0.25) is 9.88 Å². The summed E-state index contributed by atoms with van der Waals surface area (Å²) < 4.78 is 6.47. The zero-order valence-corrected chi connectivity index (χ0v) is 12.7. The molecule has 1 unspecified atom stereocenters. The molecule has 0 radical (unpaired) electrons. The van der Waals surface area contributed by atoms with Gasteiger partial charge in [0.1, 0.15) is 5.76 Å². The Morgan fingerprint density at radius 1 is 1.37 bits per heavy atom. The van der Waals surface area contributed by atoms with Crippen LogP contribution in [0.2, 0.25) is 0 Å². The van der Waals surface area contributed by atoms with Crippen molar-refractivity contribution in [2.45, 2.75) is 12.6 Å². The molecule has 0 saturated heterocycles. The van der Waals surface area contributed by atoms with Gasteiger partial charge in [0.2, 0.25) is 0 Å². The highest BCUT2D eigenvalue weighted by Gasteiger charge is 2.16. The SMILES string of the molecule is CN(C)C(CNCc1ccc(Br)cn1)c1ccco1. The topological polar surface area (TPSA) is 41.3 Å². The summed E-state index contributed by atoms with van der Waals surface area (Å²) in [5.41, 5.74) is 1.03.